The molecule has 0 bridgehead atoms. The van der Waals surface area contributed by atoms with Gasteiger partial charge in [0.25, 0.3) is 0 Å². The van der Waals surface area contributed by atoms with Crippen LogP contribution in [0.4, 0.5) is 0 Å². The van der Waals surface area contributed by atoms with E-state index in [9.17, 15) is 10.2 Å². The number of phenols is 1. The Morgan fingerprint density at radius 1 is 1.40 bits per heavy atom. The van der Waals surface area contributed by atoms with E-state index >= 15 is 0 Å². The summed E-state index contributed by atoms with van der Waals surface area (Å²) in [5, 5.41) is 23.2. The van der Waals surface area contributed by atoms with Gasteiger partial charge in [-0.2, -0.15) is 0 Å². The Labute approximate surface area is 133 Å². The Balaban J connectivity index is 0.00000200. The average Bonchev–Trinajstić information content (AvgIpc) is 2.44. The Kier molecular flexibility index (Phi) is 7.05. The number of hydrogen-bond donors (Lipinski definition) is 3. The van der Waals surface area contributed by atoms with Crippen molar-refractivity contribution in [3.63, 3.8) is 0 Å². The van der Waals surface area contributed by atoms with Gasteiger partial charge in [-0.05, 0) is 12.1 Å². The number of nitrogens with one attached hydrogen (secondary N) is 1. The summed E-state index contributed by atoms with van der Waals surface area (Å²) in [6.07, 6.45) is 0. The molecule has 0 saturated carbocycles. The number of benzene rings is 1. The van der Waals surface area contributed by atoms with Gasteiger partial charge in [0, 0.05) is 36.2 Å². The fourth-order valence-corrected chi connectivity index (χ4v) is 2.86. The largest absolute Gasteiger partial charge is 0.504 e. The summed E-state index contributed by atoms with van der Waals surface area (Å²) in [6.45, 7) is 3.44. The number of rotatable bonds is 4. The summed E-state index contributed by atoms with van der Waals surface area (Å²) in [5.74, 6) is 0.515. The zero-order valence-corrected chi connectivity index (χ0v) is 13.7. The van der Waals surface area contributed by atoms with Gasteiger partial charge in [0.1, 0.15) is 0 Å². The molecule has 2 rings (SSSR count). The standard InChI is InChI=1S/C13H19BrN2O3.ClH/c1-19-12-7-9(14)6-10(13(12)18)11(8-17)16-4-2-15-3-5-16;/h6-7,11,15,17-18H,2-5,8H2,1H3;1H/t11-;/m1./s1. The van der Waals surface area contributed by atoms with Gasteiger partial charge in [-0.1, -0.05) is 15.9 Å². The van der Waals surface area contributed by atoms with E-state index < -0.39 is 0 Å². The molecule has 0 aliphatic carbocycles. The van der Waals surface area contributed by atoms with Crippen LogP contribution >= 0.6 is 28.3 Å². The predicted octanol–water partition coefficient (Wildman–Crippen LogP) is 1.52. The zero-order chi connectivity index (χ0) is 13.8. The van der Waals surface area contributed by atoms with Gasteiger partial charge in [0.15, 0.2) is 11.5 Å². The first-order valence-electron chi connectivity index (χ1n) is 6.29. The van der Waals surface area contributed by atoms with Crippen molar-refractivity contribution in [2.75, 3.05) is 39.9 Å². The lowest BCUT2D eigenvalue weighted by atomic mass is 10.0. The molecule has 1 fully saturated rings. The van der Waals surface area contributed by atoms with Crippen LogP contribution < -0.4 is 10.1 Å². The Hall–Kier alpha value is -0.530. The number of nitrogens with zero attached hydrogens (tertiary/aromatic N) is 1. The lowest BCUT2D eigenvalue weighted by molar-refractivity contribution is 0.108. The van der Waals surface area contributed by atoms with E-state index in [1.54, 1.807) is 6.07 Å². The number of piperazine rings is 1. The van der Waals surface area contributed by atoms with Crippen molar-refractivity contribution in [3.05, 3.63) is 22.2 Å². The van der Waals surface area contributed by atoms with Gasteiger partial charge in [-0.25, -0.2) is 0 Å². The molecule has 5 nitrogen and oxygen atoms in total. The van der Waals surface area contributed by atoms with Crippen LogP contribution in [0.5, 0.6) is 11.5 Å². The first-order chi connectivity index (χ1) is 9.17. The minimum Gasteiger partial charge on any atom is -0.504 e. The van der Waals surface area contributed by atoms with E-state index in [0.29, 0.717) is 11.3 Å². The van der Waals surface area contributed by atoms with Crippen molar-refractivity contribution in [2.45, 2.75) is 6.04 Å². The van der Waals surface area contributed by atoms with Crippen molar-refractivity contribution in [1.82, 2.24) is 10.2 Å². The third kappa shape index (κ3) is 3.77. The van der Waals surface area contributed by atoms with Crippen LogP contribution in [-0.4, -0.2) is 55.0 Å². The molecule has 0 radical (unpaired) electrons. The average molecular weight is 368 g/mol. The molecule has 3 N–H and O–H groups in total. The molecule has 1 aliphatic heterocycles. The van der Waals surface area contributed by atoms with Crippen LogP contribution in [0.1, 0.15) is 11.6 Å². The van der Waals surface area contributed by atoms with Crippen LogP contribution in [0.3, 0.4) is 0 Å². The second-order valence-corrected chi connectivity index (χ2v) is 5.45. The number of aromatic hydroxyl groups is 1. The third-order valence-electron chi connectivity index (χ3n) is 3.41. The fraction of sp³-hybridized carbons (Fsp3) is 0.538. The lowest BCUT2D eigenvalue weighted by Gasteiger charge is -2.34. The Morgan fingerprint density at radius 3 is 2.60 bits per heavy atom. The molecule has 1 aromatic rings. The summed E-state index contributed by atoms with van der Waals surface area (Å²) in [6, 6.07) is 3.33. The molecule has 20 heavy (non-hydrogen) atoms. The number of hydrogen-bond acceptors (Lipinski definition) is 5. The van der Waals surface area contributed by atoms with Crippen molar-refractivity contribution < 1.29 is 14.9 Å². The van der Waals surface area contributed by atoms with Crippen LogP contribution in [-0.2, 0) is 0 Å². The van der Waals surface area contributed by atoms with Crippen LogP contribution in [0.2, 0.25) is 0 Å². The second kappa shape index (κ2) is 8.05. The van der Waals surface area contributed by atoms with Gasteiger partial charge in [-0.3, -0.25) is 4.90 Å². The molecule has 0 unspecified atom stereocenters. The van der Waals surface area contributed by atoms with Gasteiger partial charge in [-0.15, -0.1) is 12.4 Å². The van der Waals surface area contributed by atoms with E-state index in [4.69, 9.17) is 4.74 Å². The van der Waals surface area contributed by atoms with Crippen LogP contribution in [0, 0.1) is 0 Å². The molecule has 0 aromatic heterocycles. The fourth-order valence-electron chi connectivity index (χ4n) is 2.41. The molecule has 114 valence electrons. The maximum absolute atomic E-state index is 10.2. The maximum Gasteiger partial charge on any atom is 0.162 e. The number of aliphatic hydroxyl groups excluding tert-OH is 1. The Bertz CT molecular complexity index is 442. The predicted molar refractivity (Wildman–Crippen MR) is 83.9 cm³/mol. The number of phenolic OH excluding ortho intramolecular Hbond substituents is 1. The Morgan fingerprint density at radius 2 is 2.05 bits per heavy atom. The first kappa shape index (κ1) is 17.5. The summed E-state index contributed by atoms with van der Waals surface area (Å²) in [7, 11) is 1.52. The van der Waals surface area contributed by atoms with Crippen molar-refractivity contribution in [2.24, 2.45) is 0 Å². The number of halogens is 2. The van der Waals surface area contributed by atoms with Crippen LogP contribution in [0.15, 0.2) is 16.6 Å². The molecule has 1 heterocycles. The third-order valence-corrected chi connectivity index (χ3v) is 3.87. The zero-order valence-electron chi connectivity index (χ0n) is 11.3. The minimum absolute atomic E-state index is 0. The number of ether oxygens (including phenoxy) is 1. The first-order valence-corrected chi connectivity index (χ1v) is 7.08. The van der Waals surface area contributed by atoms with E-state index in [2.05, 4.69) is 26.1 Å². The summed E-state index contributed by atoms with van der Waals surface area (Å²) >= 11 is 3.41. The molecule has 1 saturated heterocycles. The highest BCUT2D eigenvalue weighted by molar-refractivity contribution is 9.10. The minimum atomic E-state index is -0.214. The second-order valence-electron chi connectivity index (χ2n) is 4.53. The monoisotopic (exact) mass is 366 g/mol. The SMILES string of the molecule is COc1cc(Br)cc([C@@H](CO)N2CCNCC2)c1O.Cl. The molecule has 1 atom stereocenters. The molecular formula is C13H20BrClN2O3. The van der Waals surface area contributed by atoms with E-state index in [-0.39, 0.29) is 30.8 Å². The molecule has 1 aliphatic rings. The molecule has 1 aromatic carbocycles. The van der Waals surface area contributed by atoms with Gasteiger partial charge in [0.05, 0.1) is 19.8 Å². The topological polar surface area (TPSA) is 65.0 Å². The van der Waals surface area contributed by atoms with Crippen molar-refractivity contribution in [1.29, 1.82) is 0 Å². The van der Waals surface area contributed by atoms with E-state index in [1.807, 2.05) is 6.07 Å². The van der Waals surface area contributed by atoms with Crippen molar-refractivity contribution in [3.8, 4) is 11.5 Å². The van der Waals surface area contributed by atoms with Gasteiger partial charge < -0.3 is 20.3 Å². The normalized spacial score (nSPS) is 17.4. The quantitative estimate of drug-likeness (QED) is 0.753. The highest BCUT2D eigenvalue weighted by atomic mass is 79.9. The smallest absolute Gasteiger partial charge is 0.162 e. The highest BCUT2D eigenvalue weighted by Crippen LogP contribution is 2.38. The summed E-state index contributed by atoms with van der Waals surface area (Å²) < 4.78 is 5.98. The molecule has 0 spiro atoms. The molecule has 7 heteroatoms. The van der Waals surface area contributed by atoms with Gasteiger partial charge >= 0.3 is 0 Å². The molecule has 0 amide bonds. The summed E-state index contributed by atoms with van der Waals surface area (Å²) in [4.78, 5) is 2.16. The number of methoxy groups -OCH3 is 1. The number of aliphatic hydroxyl groups is 1. The highest BCUT2D eigenvalue weighted by Gasteiger charge is 2.25. The lowest BCUT2D eigenvalue weighted by Crippen LogP contribution is -2.46. The molecular weight excluding hydrogens is 348 g/mol. The van der Waals surface area contributed by atoms with E-state index in [1.165, 1.54) is 7.11 Å². The maximum atomic E-state index is 10.2. The van der Waals surface area contributed by atoms with E-state index in [0.717, 1.165) is 30.7 Å². The van der Waals surface area contributed by atoms with Crippen LogP contribution in [0.25, 0.3) is 0 Å². The summed E-state index contributed by atoms with van der Waals surface area (Å²) in [5.41, 5.74) is 0.690. The van der Waals surface area contributed by atoms with Gasteiger partial charge in [0.2, 0.25) is 0 Å². The van der Waals surface area contributed by atoms with Crippen molar-refractivity contribution >= 4 is 28.3 Å².